The number of hydrazine groups is 1. The van der Waals surface area contributed by atoms with Crippen LogP contribution < -0.4 is 11.2 Å². The highest BCUT2D eigenvalue weighted by Crippen LogP contribution is 2.29. The van der Waals surface area contributed by atoms with Crippen molar-refractivity contribution < 1.29 is 21.6 Å². The molecule has 3 N–H and O–H groups in total. The summed E-state index contributed by atoms with van der Waals surface area (Å²) in [6, 6.07) is 14.7. The van der Waals surface area contributed by atoms with Gasteiger partial charge in [-0.2, -0.15) is 0 Å². The van der Waals surface area contributed by atoms with Crippen molar-refractivity contribution in [2.75, 3.05) is 51.5 Å². The third-order valence-electron chi connectivity index (χ3n) is 6.69. The van der Waals surface area contributed by atoms with Crippen LogP contribution >= 0.6 is 0 Å². The van der Waals surface area contributed by atoms with Crippen molar-refractivity contribution in [2.24, 2.45) is 0 Å². The van der Waals surface area contributed by atoms with Crippen LogP contribution in [0.4, 0.5) is 5.82 Å². The number of hydrogen-bond acceptors (Lipinski definition) is 11. The van der Waals surface area contributed by atoms with Crippen molar-refractivity contribution in [3.05, 3.63) is 71.7 Å². The van der Waals surface area contributed by atoms with Gasteiger partial charge in [-0.3, -0.25) is 5.01 Å². The zero-order valence-corrected chi connectivity index (χ0v) is 25.1. The number of rotatable bonds is 13. The first kappa shape index (κ1) is 30.4. The van der Waals surface area contributed by atoms with Gasteiger partial charge in [0.05, 0.1) is 34.9 Å². The molecule has 2 aromatic carbocycles. The Hall–Kier alpha value is -3.52. The zero-order chi connectivity index (χ0) is 29.6. The first-order valence-electron chi connectivity index (χ1n) is 13.2. The molecule has 220 valence electrons. The number of nitrogens with one attached hydrogen (secondary N) is 1. The fraction of sp³-hybridized carbons (Fsp3) is 0.357. The molecule has 0 spiro atoms. The van der Waals surface area contributed by atoms with Gasteiger partial charge >= 0.3 is 0 Å². The number of aromatic nitrogens is 2. The van der Waals surface area contributed by atoms with Crippen molar-refractivity contribution in [3.63, 3.8) is 0 Å². The van der Waals surface area contributed by atoms with Crippen LogP contribution in [0.5, 0.6) is 0 Å². The molecule has 4 rings (SSSR count). The van der Waals surface area contributed by atoms with Gasteiger partial charge in [0.15, 0.2) is 5.82 Å². The molecule has 1 aliphatic heterocycles. The van der Waals surface area contributed by atoms with Crippen LogP contribution in [0.15, 0.2) is 70.3 Å². The molecule has 0 aliphatic carbocycles. The predicted octanol–water partition coefficient (Wildman–Crippen LogP) is 2.58. The molecular weight excluding hydrogens is 564 g/mol. The van der Waals surface area contributed by atoms with E-state index in [0.717, 1.165) is 19.4 Å². The van der Waals surface area contributed by atoms with Crippen LogP contribution in [-0.4, -0.2) is 82.5 Å². The fourth-order valence-corrected chi connectivity index (χ4v) is 6.27. The topological polar surface area (TPSA) is 148 Å². The first-order chi connectivity index (χ1) is 19.5. The van der Waals surface area contributed by atoms with Gasteiger partial charge in [-0.15, -0.1) is 0 Å². The lowest BCUT2D eigenvalue weighted by Crippen LogP contribution is -2.40. The molecular formula is C28H36N6O5S2. The molecule has 1 aromatic heterocycles. The number of sulfone groups is 2. The van der Waals surface area contributed by atoms with E-state index < -0.39 is 19.7 Å². The second-order valence-corrected chi connectivity index (χ2v) is 14.2. The van der Waals surface area contributed by atoms with E-state index in [9.17, 15) is 16.8 Å². The summed E-state index contributed by atoms with van der Waals surface area (Å²) in [5.41, 5.74) is 11.7. The molecule has 13 heteroatoms. The van der Waals surface area contributed by atoms with Crippen LogP contribution in [0, 0.1) is 0 Å². The van der Waals surface area contributed by atoms with Gasteiger partial charge in [0, 0.05) is 36.5 Å². The number of nitrogen functional groups attached to an aromatic ring is 1. The molecule has 11 nitrogen and oxygen atoms in total. The predicted molar refractivity (Wildman–Crippen MR) is 159 cm³/mol. The highest BCUT2D eigenvalue weighted by Gasteiger charge is 2.24. The number of anilines is 1. The van der Waals surface area contributed by atoms with Gasteiger partial charge in [-0.05, 0) is 62.8 Å². The van der Waals surface area contributed by atoms with Gasteiger partial charge in [0.1, 0.15) is 15.7 Å². The van der Waals surface area contributed by atoms with Gasteiger partial charge in [-0.1, -0.05) is 18.2 Å². The molecule has 41 heavy (non-hydrogen) atoms. The second-order valence-electron chi connectivity index (χ2n) is 9.95. The third kappa shape index (κ3) is 7.82. The number of hydrogen-bond donors (Lipinski definition) is 2. The number of methoxy groups -OCH3 is 1. The van der Waals surface area contributed by atoms with Gasteiger partial charge in [0.2, 0.25) is 15.7 Å². The van der Waals surface area contributed by atoms with E-state index in [2.05, 4.69) is 10.4 Å². The minimum Gasteiger partial charge on any atom is -0.481 e. The summed E-state index contributed by atoms with van der Waals surface area (Å²) in [4.78, 5) is 11.6. The Morgan fingerprint density at radius 1 is 0.976 bits per heavy atom. The van der Waals surface area contributed by atoms with Crippen LogP contribution in [0.1, 0.15) is 24.1 Å². The zero-order valence-electron chi connectivity index (χ0n) is 23.4. The molecule has 0 fully saturated rings. The molecule has 0 amide bonds. The van der Waals surface area contributed by atoms with Crippen LogP contribution in [0.2, 0.25) is 0 Å². The Morgan fingerprint density at radius 3 is 2.32 bits per heavy atom. The molecule has 3 aromatic rings. The lowest BCUT2D eigenvalue weighted by molar-refractivity contribution is 0.101. The van der Waals surface area contributed by atoms with Crippen molar-refractivity contribution in [2.45, 2.75) is 29.2 Å². The summed E-state index contributed by atoms with van der Waals surface area (Å²) in [6.07, 6.45) is 4.82. The molecule has 0 saturated carbocycles. The van der Waals surface area contributed by atoms with Crippen molar-refractivity contribution >= 4 is 31.6 Å². The normalized spacial score (nSPS) is 13.7. The summed E-state index contributed by atoms with van der Waals surface area (Å²) in [7, 11) is -3.10. The van der Waals surface area contributed by atoms with E-state index in [1.165, 1.54) is 6.26 Å². The number of nitrogens with two attached hydrogens (primary N) is 1. The second kappa shape index (κ2) is 13.0. The Kier molecular flexibility index (Phi) is 9.64. The molecule has 0 unspecified atom stereocenters. The Balaban J connectivity index is 1.41. The lowest BCUT2D eigenvalue weighted by Gasteiger charge is -2.30. The van der Waals surface area contributed by atoms with E-state index in [0.29, 0.717) is 54.0 Å². The van der Waals surface area contributed by atoms with E-state index >= 15 is 0 Å². The maximum Gasteiger partial charge on any atom is 0.206 e. The summed E-state index contributed by atoms with van der Waals surface area (Å²) in [5, 5.41) is 1.86. The van der Waals surface area contributed by atoms with Crippen LogP contribution in [-0.2, 0) is 31.0 Å². The molecule has 0 radical (unpaired) electrons. The highest BCUT2D eigenvalue weighted by molar-refractivity contribution is 7.91. The summed E-state index contributed by atoms with van der Waals surface area (Å²) < 4.78 is 54.2. The SMILES string of the molecule is COC1=Cc2c(N)nc(-c3ccc(S(=O)(=O)c4ccccc4)cc3)nc2CN1NCCCCN(C)CCS(C)(=O)=O. The average molecular weight is 601 g/mol. The van der Waals surface area contributed by atoms with Crippen LogP contribution in [0.25, 0.3) is 17.5 Å². The van der Waals surface area contributed by atoms with Crippen molar-refractivity contribution in [1.29, 1.82) is 0 Å². The minimum atomic E-state index is -3.63. The number of nitrogens with zero attached hydrogens (tertiary/aromatic N) is 4. The molecule has 2 heterocycles. The first-order valence-corrected chi connectivity index (χ1v) is 16.7. The minimum absolute atomic E-state index is 0.154. The Morgan fingerprint density at radius 2 is 1.66 bits per heavy atom. The van der Waals surface area contributed by atoms with Crippen molar-refractivity contribution in [3.8, 4) is 11.4 Å². The van der Waals surface area contributed by atoms with E-state index in [1.54, 1.807) is 67.8 Å². The molecule has 0 atom stereocenters. The Bertz CT molecular complexity index is 1590. The fourth-order valence-electron chi connectivity index (χ4n) is 4.35. The summed E-state index contributed by atoms with van der Waals surface area (Å²) >= 11 is 0. The lowest BCUT2D eigenvalue weighted by atomic mass is 10.1. The highest BCUT2D eigenvalue weighted by atomic mass is 32.2. The number of benzene rings is 2. The smallest absolute Gasteiger partial charge is 0.206 e. The van der Waals surface area contributed by atoms with Gasteiger partial charge in [0.25, 0.3) is 0 Å². The van der Waals surface area contributed by atoms with E-state index in [4.69, 9.17) is 15.5 Å². The van der Waals surface area contributed by atoms with Crippen LogP contribution in [0.3, 0.4) is 0 Å². The summed E-state index contributed by atoms with van der Waals surface area (Å²) in [5.74, 6) is 1.44. The Labute approximate surface area is 241 Å². The molecule has 0 bridgehead atoms. The van der Waals surface area contributed by atoms with Gasteiger partial charge in [-0.25, -0.2) is 32.2 Å². The van der Waals surface area contributed by atoms with Gasteiger partial charge < -0.3 is 15.4 Å². The number of ether oxygens (including phenoxy) is 1. The van der Waals surface area contributed by atoms with E-state index in [-0.39, 0.29) is 15.5 Å². The maximum absolute atomic E-state index is 12.9. The van der Waals surface area contributed by atoms with E-state index in [1.807, 2.05) is 17.0 Å². The largest absolute Gasteiger partial charge is 0.481 e. The number of unbranched alkanes of at least 4 members (excludes halogenated alkanes) is 1. The maximum atomic E-state index is 12.9. The standard InChI is InChI=1S/C28H36N6O5S2/c1-33(17-18-40(3,35)36)16-8-7-15-30-34-20-25-24(19-26(34)39-2)27(29)32-28(31-25)21-11-13-23(14-12-21)41(37,38)22-9-5-4-6-10-22/h4-6,9-14,19,30H,7-8,15-18,20H2,1-3H3,(H2,29,31,32). The third-order valence-corrected chi connectivity index (χ3v) is 9.40. The monoisotopic (exact) mass is 600 g/mol. The number of fused-ring (bicyclic) bond motifs is 1. The van der Waals surface area contributed by atoms with Crippen molar-refractivity contribution in [1.82, 2.24) is 25.3 Å². The molecule has 1 aliphatic rings. The quantitative estimate of drug-likeness (QED) is 0.279. The molecule has 0 saturated heterocycles. The average Bonchev–Trinajstić information content (AvgIpc) is 2.95. The summed E-state index contributed by atoms with van der Waals surface area (Å²) in [6.45, 7) is 2.39.